The molecule has 2 aromatic carbocycles. The lowest BCUT2D eigenvalue weighted by atomic mass is 9.44. The molecule has 64 heavy (non-hydrogen) atoms. The zero-order valence-electron chi connectivity index (χ0n) is 37.6. The molecule has 1 aliphatic heterocycles. The summed E-state index contributed by atoms with van der Waals surface area (Å²) >= 11 is 0. The Kier molecular flexibility index (Phi) is 13.3. The van der Waals surface area contributed by atoms with Gasteiger partial charge >= 0.3 is 23.9 Å². The van der Waals surface area contributed by atoms with Crippen molar-refractivity contribution in [3.8, 4) is 11.5 Å². The number of esters is 4. The van der Waals surface area contributed by atoms with Crippen molar-refractivity contribution in [2.24, 2.45) is 16.7 Å². The lowest BCUT2D eigenvalue weighted by Gasteiger charge is -2.67. The Morgan fingerprint density at radius 3 is 2.16 bits per heavy atom. The number of hydrogen-bond acceptors (Lipinski definition) is 16. The molecule has 346 valence electrons. The molecule has 0 spiro atoms. The molecule has 11 atom stereocenters. The van der Waals surface area contributed by atoms with Gasteiger partial charge in [0.05, 0.1) is 44.3 Å². The topological polar surface area (TPSA) is 240 Å². The second kappa shape index (κ2) is 17.7. The van der Waals surface area contributed by atoms with Gasteiger partial charge in [-0.3, -0.25) is 19.2 Å². The third kappa shape index (κ3) is 8.07. The second-order valence-corrected chi connectivity index (χ2v) is 17.9. The van der Waals surface area contributed by atoms with E-state index in [1.807, 2.05) is 0 Å². The fraction of sp³-hybridized carbons (Fsp3) is 0.532. The van der Waals surface area contributed by atoms with Crippen LogP contribution in [0.3, 0.4) is 0 Å². The second-order valence-electron chi connectivity index (χ2n) is 17.9. The third-order valence-corrected chi connectivity index (χ3v) is 13.5. The first-order valence-electron chi connectivity index (χ1n) is 20.9. The SMILES string of the molecule is COc1ccc(OC)c(C(=O)O[C@H]2[C@@H]3[C@]4(OC(C)=O)CO[C@@H]4C[C@H](O)[C@@]3(C)C(=O)[C@H](OC(C)=O)C3=C(C)[C@@H](OC(=O)[C@H](O)[C@H](C=C(C)C)NC(=O)c4ccccc4)C[C@]2(O)C3(C)C)c1. The van der Waals surface area contributed by atoms with Crippen molar-refractivity contribution >= 4 is 35.6 Å². The highest BCUT2D eigenvalue weighted by Gasteiger charge is 2.78. The number of ketones is 1. The summed E-state index contributed by atoms with van der Waals surface area (Å²) in [6, 6.07) is 11.2. The minimum Gasteiger partial charge on any atom is -0.497 e. The highest BCUT2D eigenvalue weighted by atomic mass is 16.6. The summed E-state index contributed by atoms with van der Waals surface area (Å²) in [5.41, 5.74) is -7.28. The highest BCUT2D eigenvalue weighted by molar-refractivity contribution is 5.97. The minimum absolute atomic E-state index is 0.0348. The van der Waals surface area contributed by atoms with Crippen LogP contribution >= 0.6 is 0 Å². The largest absolute Gasteiger partial charge is 0.497 e. The smallest absolute Gasteiger partial charge is 0.342 e. The molecule has 1 heterocycles. The number of allylic oxidation sites excluding steroid dienone is 1. The van der Waals surface area contributed by atoms with E-state index in [1.54, 1.807) is 50.2 Å². The number of nitrogens with one attached hydrogen (secondary N) is 1. The van der Waals surface area contributed by atoms with Gasteiger partial charge in [0.15, 0.2) is 23.6 Å². The lowest BCUT2D eigenvalue weighted by molar-refractivity contribution is -0.346. The van der Waals surface area contributed by atoms with Gasteiger partial charge < -0.3 is 53.8 Å². The molecule has 2 bridgehead atoms. The van der Waals surface area contributed by atoms with Crippen LogP contribution in [-0.2, 0) is 42.9 Å². The van der Waals surface area contributed by atoms with Crippen molar-refractivity contribution in [1.82, 2.24) is 5.32 Å². The Bertz CT molecular complexity index is 2270. The third-order valence-electron chi connectivity index (χ3n) is 13.5. The van der Waals surface area contributed by atoms with Crippen molar-refractivity contribution < 1.29 is 77.2 Å². The van der Waals surface area contributed by atoms with Crippen LogP contribution < -0.4 is 14.8 Å². The molecule has 0 radical (unpaired) electrons. The number of aliphatic hydroxyl groups is 3. The average molecular weight is 892 g/mol. The van der Waals surface area contributed by atoms with Crippen molar-refractivity contribution in [2.45, 2.75) is 122 Å². The summed E-state index contributed by atoms with van der Waals surface area (Å²) in [4.78, 5) is 83.8. The molecule has 0 aromatic heterocycles. The fourth-order valence-electron chi connectivity index (χ4n) is 10.2. The van der Waals surface area contributed by atoms with Gasteiger partial charge in [-0.05, 0) is 69.2 Å². The molecule has 17 heteroatoms. The van der Waals surface area contributed by atoms with Crippen LogP contribution in [0.15, 0.2) is 71.3 Å². The predicted octanol–water partition coefficient (Wildman–Crippen LogP) is 3.35. The number of rotatable bonds is 12. The predicted molar refractivity (Wildman–Crippen MR) is 225 cm³/mol. The number of carbonyl (C=O) groups is 6. The summed E-state index contributed by atoms with van der Waals surface area (Å²) in [7, 11) is 2.70. The Labute approximate surface area is 371 Å². The zero-order chi connectivity index (χ0) is 47.3. The van der Waals surface area contributed by atoms with Gasteiger partial charge in [-0.1, -0.05) is 43.7 Å². The van der Waals surface area contributed by atoms with E-state index in [9.17, 15) is 39.3 Å². The summed E-state index contributed by atoms with van der Waals surface area (Å²) in [6.07, 6.45) is -9.35. The van der Waals surface area contributed by atoms with E-state index < -0.39 is 113 Å². The van der Waals surface area contributed by atoms with E-state index in [-0.39, 0.29) is 46.8 Å². The number of methoxy groups -OCH3 is 2. The van der Waals surface area contributed by atoms with Gasteiger partial charge in [0.1, 0.15) is 41.0 Å². The van der Waals surface area contributed by atoms with E-state index in [1.165, 1.54) is 60.1 Å². The molecule has 6 rings (SSSR count). The van der Waals surface area contributed by atoms with Crippen molar-refractivity contribution in [3.05, 3.63) is 82.5 Å². The molecular formula is C47H57NO16. The van der Waals surface area contributed by atoms with Crippen LogP contribution in [0.2, 0.25) is 0 Å². The first-order valence-corrected chi connectivity index (χ1v) is 20.9. The lowest BCUT2D eigenvalue weighted by Crippen LogP contribution is -2.82. The summed E-state index contributed by atoms with van der Waals surface area (Å²) in [5, 5.41) is 40.2. The number of hydrogen-bond donors (Lipinski definition) is 4. The summed E-state index contributed by atoms with van der Waals surface area (Å²) in [5.74, 6) is -6.87. The van der Waals surface area contributed by atoms with E-state index in [4.69, 9.17) is 33.2 Å². The maximum absolute atomic E-state index is 15.6. The van der Waals surface area contributed by atoms with Gasteiger partial charge in [-0.2, -0.15) is 0 Å². The van der Waals surface area contributed by atoms with Crippen LogP contribution in [0.1, 0.15) is 88.9 Å². The number of fused-ring (bicyclic) bond motifs is 5. The molecule has 3 aliphatic carbocycles. The zero-order valence-corrected chi connectivity index (χ0v) is 37.6. The highest BCUT2D eigenvalue weighted by Crippen LogP contribution is 2.64. The monoisotopic (exact) mass is 891 g/mol. The van der Waals surface area contributed by atoms with E-state index in [2.05, 4.69) is 5.32 Å². The average Bonchev–Trinajstić information content (AvgIpc) is 3.23. The number of Topliss-reactive ketones (excluding diaryl/α,β-unsaturated/α-hetero) is 1. The van der Waals surface area contributed by atoms with Crippen LogP contribution in [0.25, 0.3) is 0 Å². The van der Waals surface area contributed by atoms with Crippen LogP contribution in [0, 0.1) is 16.7 Å². The number of carbonyl (C=O) groups excluding carboxylic acids is 6. The normalized spacial score (nSPS) is 31.1. The van der Waals surface area contributed by atoms with Gasteiger partial charge in [-0.25, -0.2) is 9.59 Å². The number of amides is 1. The molecule has 3 fully saturated rings. The van der Waals surface area contributed by atoms with Crippen molar-refractivity contribution in [3.63, 3.8) is 0 Å². The van der Waals surface area contributed by atoms with Gasteiger partial charge in [0, 0.05) is 37.7 Å². The maximum Gasteiger partial charge on any atom is 0.342 e. The first-order chi connectivity index (χ1) is 30.0. The van der Waals surface area contributed by atoms with E-state index >= 15 is 4.79 Å². The number of benzene rings is 2. The van der Waals surface area contributed by atoms with Crippen LogP contribution in [0.5, 0.6) is 11.5 Å². The molecular weight excluding hydrogens is 835 g/mol. The van der Waals surface area contributed by atoms with E-state index in [0.29, 0.717) is 5.57 Å². The Morgan fingerprint density at radius 2 is 1.59 bits per heavy atom. The molecule has 0 unspecified atom stereocenters. The quantitative estimate of drug-likeness (QED) is 0.136. The first kappa shape index (κ1) is 47.8. The molecule has 4 aliphatic rings. The van der Waals surface area contributed by atoms with Gasteiger partial charge in [0.25, 0.3) is 5.91 Å². The van der Waals surface area contributed by atoms with Gasteiger partial charge in [-0.15, -0.1) is 0 Å². The Balaban J connectivity index is 1.56. The molecule has 1 amide bonds. The Morgan fingerprint density at radius 1 is 0.922 bits per heavy atom. The maximum atomic E-state index is 15.6. The Hall–Kier alpha value is -5.62. The molecule has 2 saturated carbocycles. The van der Waals surface area contributed by atoms with Crippen LogP contribution in [0.4, 0.5) is 0 Å². The summed E-state index contributed by atoms with van der Waals surface area (Å²) in [6.45, 7) is 11.2. The van der Waals surface area contributed by atoms with E-state index in [0.717, 1.165) is 13.8 Å². The molecule has 4 N–H and O–H groups in total. The molecule has 17 nitrogen and oxygen atoms in total. The standard InChI is InChI=1S/C47H57NO16/c1-23(2)18-30(48-41(54)27-14-12-11-13-15-27)36(52)43(56)62-32-21-47(57)40(63-42(55)29-19-28(58-9)16-17-31(29)59-10)38-45(8,33(51)20-34-46(38,22-60-34)64-26(5)50)39(53)37(61-25(4)49)35(24(32)3)44(47,6)7/h11-19,30,32-34,36-38,40,51-52,57H,20-22H2,1-10H3,(H,48,54)/t30-,32-,33-,34+,36+,37+,38-,40-,45+,46-,47+/m0/s1. The van der Waals surface area contributed by atoms with Gasteiger partial charge in [0.2, 0.25) is 0 Å². The number of ether oxygens (including phenoxy) is 7. The summed E-state index contributed by atoms with van der Waals surface area (Å²) < 4.78 is 41.2. The molecule has 2 aromatic rings. The fourth-order valence-corrected chi connectivity index (χ4v) is 10.2. The van der Waals surface area contributed by atoms with Crippen molar-refractivity contribution in [2.75, 3.05) is 20.8 Å². The molecule has 1 saturated heterocycles. The van der Waals surface area contributed by atoms with Crippen LogP contribution in [-0.4, -0.2) is 126 Å². The minimum atomic E-state index is -2.46. The van der Waals surface area contributed by atoms with Crippen molar-refractivity contribution in [1.29, 1.82) is 0 Å². The number of aliphatic hydroxyl groups excluding tert-OH is 2.